The fourth-order valence-corrected chi connectivity index (χ4v) is 3.87. The van der Waals surface area contributed by atoms with Crippen LogP contribution in [0, 0.1) is 0 Å². The molecule has 4 amide bonds. The van der Waals surface area contributed by atoms with Crippen molar-refractivity contribution in [2.75, 3.05) is 4.90 Å². The third-order valence-corrected chi connectivity index (χ3v) is 6.22. The van der Waals surface area contributed by atoms with Crippen LogP contribution in [0.15, 0.2) is 66.2 Å². The second-order valence-corrected chi connectivity index (χ2v) is 8.78. The minimum absolute atomic E-state index is 0.144. The number of hydrogen-bond acceptors (Lipinski definition) is 4. The molecule has 6 nitrogen and oxygen atoms in total. The highest BCUT2D eigenvalue weighted by Gasteiger charge is 2.37. The zero-order valence-corrected chi connectivity index (χ0v) is 20.2. The summed E-state index contributed by atoms with van der Waals surface area (Å²) in [6, 6.07) is 15.3. The molecule has 3 aromatic rings. The summed E-state index contributed by atoms with van der Waals surface area (Å²) in [6.45, 7) is 0.144. The molecule has 1 heterocycles. The van der Waals surface area contributed by atoms with Crippen LogP contribution in [0.2, 0.25) is 20.1 Å². The molecule has 172 valence electrons. The van der Waals surface area contributed by atoms with E-state index < -0.39 is 17.8 Å². The molecule has 1 fully saturated rings. The maximum atomic E-state index is 13.2. The number of imide groups is 2. The van der Waals surface area contributed by atoms with Crippen molar-refractivity contribution in [2.24, 2.45) is 0 Å². The van der Waals surface area contributed by atoms with Gasteiger partial charge in [-0.05, 0) is 48.5 Å². The van der Waals surface area contributed by atoms with Gasteiger partial charge in [-0.2, -0.15) is 0 Å². The minimum Gasteiger partial charge on any atom is -0.488 e. The van der Waals surface area contributed by atoms with Crippen molar-refractivity contribution in [1.82, 2.24) is 5.32 Å². The lowest BCUT2D eigenvalue weighted by Crippen LogP contribution is -2.54. The van der Waals surface area contributed by atoms with Crippen molar-refractivity contribution in [3.05, 3.63) is 97.5 Å². The maximum absolute atomic E-state index is 13.2. The van der Waals surface area contributed by atoms with Crippen LogP contribution in [0.4, 0.5) is 10.5 Å². The normalized spacial score (nSPS) is 15.0. The van der Waals surface area contributed by atoms with Gasteiger partial charge in [0, 0.05) is 21.2 Å². The first-order valence-electron chi connectivity index (χ1n) is 9.77. The Hall–Kier alpha value is -3.03. The zero-order valence-electron chi connectivity index (χ0n) is 17.2. The van der Waals surface area contributed by atoms with Gasteiger partial charge in [0.2, 0.25) is 0 Å². The number of ether oxygens (including phenoxy) is 1. The molecule has 3 aromatic carbocycles. The fraction of sp³-hybridized carbons (Fsp3) is 0.0417. The van der Waals surface area contributed by atoms with Gasteiger partial charge in [0.25, 0.3) is 11.8 Å². The third-order valence-electron chi connectivity index (χ3n) is 4.88. The van der Waals surface area contributed by atoms with Gasteiger partial charge in [-0.25, -0.2) is 9.69 Å². The van der Waals surface area contributed by atoms with E-state index in [1.807, 2.05) is 12.1 Å². The second-order valence-electron chi connectivity index (χ2n) is 7.12. The first kappa shape index (κ1) is 24.1. The molecule has 0 unspecified atom stereocenters. The van der Waals surface area contributed by atoms with Crippen molar-refractivity contribution >= 4 is 76.0 Å². The van der Waals surface area contributed by atoms with Crippen LogP contribution >= 0.6 is 46.4 Å². The molecule has 0 atom stereocenters. The largest absolute Gasteiger partial charge is 0.488 e. The van der Waals surface area contributed by atoms with Crippen molar-refractivity contribution < 1.29 is 19.1 Å². The number of hydrogen-bond donors (Lipinski definition) is 1. The van der Waals surface area contributed by atoms with E-state index in [0.29, 0.717) is 21.4 Å². The van der Waals surface area contributed by atoms with Gasteiger partial charge in [0.1, 0.15) is 17.9 Å². The van der Waals surface area contributed by atoms with Gasteiger partial charge >= 0.3 is 6.03 Å². The Labute approximate surface area is 214 Å². The Morgan fingerprint density at radius 1 is 0.853 bits per heavy atom. The molecule has 4 rings (SSSR count). The van der Waals surface area contributed by atoms with E-state index in [1.54, 1.807) is 24.3 Å². The Morgan fingerprint density at radius 2 is 1.62 bits per heavy atom. The molecule has 1 aliphatic rings. The number of halogens is 4. The van der Waals surface area contributed by atoms with Gasteiger partial charge in [0.05, 0.1) is 15.7 Å². The Kier molecular flexibility index (Phi) is 7.14. The standard InChI is InChI=1S/C24H14Cl4N2O4/c25-15-5-8-21(34-12-13-3-1-2-4-18(13)26)14(9-15)10-17-22(31)29-24(33)30(23(17)32)16-6-7-19(27)20(28)11-16/h1-11H,12H2,(H,29,31,33)/b17-10+. The van der Waals surface area contributed by atoms with Crippen molar-refractivity contribution in [3.63, 3.8) is 0 Å². The Balaban J connectivity index is 1.69. The lowest BCUT2D eigenvalue weighted by molar-refractivity contribution is -0.122. The summed E-state index contributed by atoms with van der Waals surface area (Å²) in [7, 11) is 0. The average Bonchev–Trinajstić information content (AvgIpc) is 2.79. The molecular formula is C24H14Cl4N2O4. The summed E-state index contributed by atoms with van der Waals surface area (Å²) in [6.07, 6.45) is 1.31. The molecule has 10 heteroatoms. The third kappa shape index (κ3) is 5.05. The minimum atomic E-state index is -0.910. The summed E-state index contributed by atoms with van der Waals surface area (Å²) >= 11 is 24.3. The van der Waals surface area contributed by atoms with E-state index in [-0.39, 0.29) is 27.9 Å². The van der Waals surface area contributed by atoms with E-state index in [0.717, 1.165) is 10.5 Å². The quantitative estimate of drug-likeness (QED) is 0.297. The van der Waals surface area contributed by atoms with Crippen LogP contribution in [0.3, 0.4) is 0 Å². The summed E-state index contributed by atoms with van der Waals surface area (Å²) in [4.78, 5) is 39.0. The number of rotatable bonds is 5. The van der Waals surface area contributed by atoms with E-state index >= 15 is 0 Å². The lowest BCUT2D eigenvalue weighted by Gasteiger charge is -2.26. The van der Waals surface area contributed by atoms with E-state index in [2.05, 4.69) is 5.32 Å². The summed E-state index contributed by atoms with van der Waals surface area (Å²) in [5, 5.41) is 3.45. The highest BCUT2D eigenvalue weighted by Crippen LogP contribution is 2.31. The number of nitrogens with one attached hydrogen (secondary N) is 1. The maximum Gasteiger partial charge on any atom is 0.335 e. The Bertz CT molecular complexity index is 1360. The van der Waals surface area contributed by atoms with Crippen LogP contribution in [0.1, 0.15) is 11.1 Å². The highest BCUT2D eigenvalue weighted by molar-refractivity contribution is 6.43. The summed E-state index contributed by atoms with van der Waals surface area (Å²) < 4.78 is 5.89. The topological polar surface area (TPSA) is 75.7 Å². The number of nitrogens with zero attached hydrogens (tertiary/aromatic N) is 1. The molecule has 0 aliphatic carbocycles. The molecule has 0 aromatic heterocycles. The number of carbonyl (C=O) groups excluding carboxylic acids is 3. The number of carbonyl (C=O) groups is 3. The van der Waals surface area contributed by atoms with Gasteiger partial charge in [-0.3, -0.25) is 14.9 Å². The van der Waals surface area contributed by atoms with Gasteiger partial charge in [-0.1, -0.05) is 64.6 Å². The lowest BCUT2D eigenvalue weighted by atomic mass is 10.1. The average molecular weight is 536 g/mol. The van der Waals surface area contributed by atoms with Crippen LogP contribution in [-0.4, -0.2) is 17.8 Å². The van der Waals surface area contributed by atoms with Crippen molar-refractivity contribution in [2.45, 2.75) is 6.61 Å². The van der Waals surface area contributed by atoms with E-state index in [9.17, 15) is 14.4 Å². The molecule has 1 N–H and O–H groups in total. The van der Waals surface area contributed by atoms with Crippen LogP contribution < -0.4 is 15.0 Å². The molecule has 0 radical (unpaired) electrons. The number of benzene rings is 3. The molecule has 0 spiro atoms. The van der Waals surface area contributed by atoms with Crippen molar-refractivity contribution in [3.8, 4) is 5.75 Å². The predicted molar refractivity (Wildman–Crippen MR) is 133 cm³/mol. The monoisotopic (exact) mass is 534 g/mol. The van der Waals surface area contributed by atoms with Crippen molar-refractivity contribution in [1.29, 1.82) is 0 Å². The van der Waals surface area contributed by atoms with Gasteiger partial charge < -0.3 is 4.74 Å². The number of barbiturate groups is 1. The molecule has 0 bridgehead atoms. The summed E-state index contributed by atoms with van der Waals surface area (Å²) in [5.74, 6) is -1.34. The van der Waals surface area contributed by atoms with E-state index in [1.165, 1.54) is 30.3 Å². The SMILES string of the molecule is O=C1NC(=O)N(c2ccc(Cl)c(Cl)c2)C(=O)/C1=C/c1cc(Cl)ccc1OCc1ccccc1Cl. The first-order valence-corrected chi connectivity index (χ1v) is 11.3. The van der Waals surface area contributed by atoms with Crippen LogP contribution in [0.5, 0.6) is 5.75 Å². The number of anilines is 1. The van der Waals surface area contributed by atoms with Crippen LogP contribution in [0.25, 0.3) is 6.08 Å². The second kappa shape index (κ2) is 10.1. The molecule has 0 saturated carbocycles. The smallest absolute Gasteiger partial charge is 0.335 e. The highest BCUT2D eigenvalue weighted by atomic mass is 35.5. The van der Waals surface area contributed by atoms with E-state index in [4.69, 9.17) is 51.1 Å². The predicted octanol–water partition coefficient (Wildman–Crippen LogP) is 6.55. The molecule has 1 saturated heterocycles. The number of urea groups is 1. The molecule has 34 heavy (non-hydrogen) atoms. The molecule has 1 aliphatic heterocycles. The van der Waals surface area contributed by atoms with Crippen LogP contribution in [-0.2, 0) is 16.2 Å². The first-order chi connectivity index (χ1) is 16.2. The van der Waals surface area contributed by atoms with Gasteiger partial charge in [0.15, 0.2) is 0 Å². The van der Waals surface area contributed by atoms with Gasteiger partial charge in [-0.15, -0.1) is 0 Å². The molecular weight excluding hydrogens is 522 g/mol. The summed E-state index contributed by atoms with van der Waals surface area (Å²) in [5.41, 5.74) is 0.967. The zero-order chi connectivity index (χ0) is 24.4. The number of amides is 4. The Morgan fingerprint density at radius 3 is 2.35 bits per heavy atom. The fourth-order valence-electron chi connectivity index (χ4n) is 3.21.